The van der Waals surface area contributed by atoms with E-state index >= 15 is 0 Å². The third-order valence-corrected chi connectivity index (χ3v) is 1.33. The number of terminal acetylenes is 1. The van der Waals surface area contributed by atoms with E-state index in [1.165, 1.54) is 0 Å². The van der Waals surface area contributed by atoms with Crippen LogP contribution in [-0.2, 0) is 0 Å². The third kappa shape index (κ3) is 5.40. The van der Waals surface area contributed by atoms with Crippen molar-refractivity contribution in [2.75, 3.05) is 0 Å². The van der Waals surface area contributed by atoms with Gasteiger partial charge in [0, 0.05) is 0 Å². The lowest BCUT2D eigenvalue weighted by Gasteiger charge is -2.00. The van der Waals surface area contributed by atoms with Gasteiger partial charge >= 0.3 is 0 Å². The monoisotopic (exact) mass is 138 g/mol. The van der Waals surface area contributed by atoms with Crippen molar-refractivity contribution in [1.82, 2.24) is 0 Å². The average molecular weight is 138 g/mol. The molecule has 0 heterocycles. The van der Waals surface area contributed by atoms with Crippen LogP contribution in [0.2, 0.25) is 0 Å². The molecule has 0 fully saturated rings. The Morgan fingerprint density at radius 1 is 1.60 bits per heavy atom. The molecule has 0 aromatic heterocycles. The minimum Gasteiger partial charge on any atom is -0.380 e. The van der Waals surface area contributed by atoms with Crippen molar-refractivity contribution in [1.29, 1.82) is 0 Å². The summed E-state index contributed by atoms with van der Waals surface area (Å²) in [7, 11) is 0. The number of allylic oxidation sites excluding steroid dienone is 1. The molecule has 0 bridgehead atoms. The summed E-state index contributed by atoms with van der Waals surface area (Å²) >= 11 is 0. The highest BCUT2D eigenvalue weighted by atomic mass is 16.3. The molecule has 0 amide bonds. The zero-order valence-corrected chi connectivity index (χ0v) is 6.21. The fourth-order valence-electron chi connectivity index (χ4n) is 0.710. The van der Waals surface area contributed by atoms with Crippen molar-refractivity contribution < 1.29 is 5.11 Å². The van der Waals surface area contributed by atoms with Crippen LogP contribution >= 0.6 is 0 Å². The Morgan fingerprint density at radius 2 is 2.30 bits per heavy atom. The van der Waals surface area contributed by atoms with E-state index in [9.17, 15) is 0 Å². The van der Waals surface area contributed by atoms with Gasteiger partial charge in [0.25, 0.3) is 0 Å². The maximum atomic E-state index is 8.90. The summed E-state index contributed by atoms with van der Waals surface area (Å²) in [6.45, 7) is 3.59. The van der Waals surface area contributed by atoms with Gasteiger partial charge in [-0.2, -0.15) is 0 Å². The Bertz CT molecular complexity index is 121. The van der Waals surface area contributed by atoms with E-state index in [1.54, 1.807) is 0 Å². The lowest BCUT2D eigenvalue weighted by Crippen LogP contribution is -2.00. The zero-order chi connectivity index (χ0) is 7.82. The van der Waals surface area contributed by atoms with Crippen molar-refractivity contribution in [2.45, 2.75) is 31.8 Å². The Morgan fingerprint density at radius 3 is 2.80 bits per heavy atom. The lowest BCUT2D eigenvalue weighted by molar-refractivity contribution is 0.218. The fourth-order valence-corrected chi connectivity index (χ4v) is 0.710. The molecule has 1 nitrogen and oxygen atoms in total. The van der Waals surface area contributed by atoms with Crippen molar-refractivity contribution in [3.05, 3.63) is 12.7 Å². The standard InChI is InChI=1S/C9H14O/c1-3-5-6-7-8-9(10)4-2/h2-3,9-10H,1,5-8H2. The summed E-state index contributed by atoms with van der Waals surface area (Å²) in [5.74, 6) is 2.27. The van der Waals surface area contributed by atoms with Crippen molar-refractivity contribution >= 4 is 0 Å². The summed E-state index contributed by atoms with van der Waals surface area (Å²) in [5, 5.41) is 8.90. The molecule has 56 valence electrons. The Hall–Kier alpha value is -0.740. The van der Waals surface area contributed by atoms with Gasteiger partial charge in [0.2, 0.25) is 0 Å². The molecule has 1 N–H and O–H groups in total. The van der Waals surface area contributed by atoms with Gasteiger partial charge in [-0.15, -0.1) is 13.0 Å². The number of hydrogen-bond acceptors (Lipinski definition) is 1. The maximum Gasteiger partial charge on any atom is 0.114 e. The molecule has 0 saturated carbocycles. The Labute approximate surface area is 62.8 Å². The molecule has 0 rings (SSSR count). The normalized spacial score (nSPS) is 12.0. The van der Waals surface area contributed by atoms with Crippen LogP contribution in [0.25, 0.3) is 0 Å². The SMILES string of the molecule is C#CC(O)CCCCC=C. The minimum atomic E-state index is -0.551. The second-order valence-corrected chi connectivity index (χ2v) is 2.26. The van der Waals surface area contributed by atoms with Gasteiger partial charge in [0.05, 0.1) is 0 Å². The molecule has 0 aliphatic carbocycles. The molecule has 1 atom stereocenters. The highest BCUT2D eigenvalue weighted by Gasteiger charge is 1.95. The molecule has 1 heteroatoms. The van der Waals surface area contributed by atoms with Gasteiger partial charge in [-0.05, 0) is 25.7 Å². The van der Waals surface area contributed by atoms with Gasteiger partial charge in [-0.3, -0.25) is 0 Å². The van der Waals surface area contributed by atoms with E-state index in [2.05, 4.69) is 12.5 Å². The van der Waals surface area contributed by atoms with E-state index in [4.69, 9.17) is 11.5 Å². The van der Waals surface area contributed by atoms with Crippen molar-refractivity contribution in [3.63, 3.8) is 0 Å². The molecule has 0 spiro atoms. The van der Waals surface area contributed by atoms with Crippen LogP contribution < -0.4 is 0 Å². The second-order valence-electron chi connectivity index (χ2n) is 2.26. The van der Waals surface area contributed by atoms with Crippen molar-refractivity contribution in [2.24, 2.45) is 0 Å². The molecule has 0 aliphatic rings. The largest absolute Gasteiger partial charge is 0.380 e. The molecular formula is C9H14O. The van der Waals surface area contributed by atoms with Crippen LogP contribution in [0, 0.1) is 12.3 Å². The number of aliphatic hydroxyl groups excluding tert-OH is 1. The topological polar surface area (TPSA) is 20.2 Å². The number of rotatable bonds is 5. The van der Waals surface area contributed by atoms with E-state index in [0.29, 0.717) is 6.42 Å². The van der Waals surface area contributed by atoms with Gasteiger partial charge in [0.15, 0.2) is 0 Å². The second kappa shape index (κ2) is 6.38. The third-order valence-electron chi connectivity index (χ3n) is 1.33. The molecule has 0 aromatic carbocycles. The zero-order valence-electron chi connectivity index (χ0n) is 6.21. The lowest BCUT2D eigenvalue weighted by atomic mass is 10.1. The van der Waals surface area contributed by atoms with Crippen LogP contribution in [0.4, 0.5) is 0 Å². The molecule has 0 aliphatic heterocycles. The van der Waals surface area contributed by atoms with Crippen molar-refractivity contribution in [3.8, 4) is 12.3 Å². The minimum absolute atomic E-state index is 0.551. The fraction of sp³-hybridized carbons (Fsp3) is 0.556. The predicted octanol–water partition coefficient (Wildman–Crippen LogP) is 1.73. The van der Waals surface area contributed by atoms with E-state index in [1.807, 2.05) is 6.08 Å². The number of aliphatic hydroxyl groups is 1. The van der Waals surface area contributed by atoms with Gasteiger partial charge in [-0.25, -0.2) is 0 Å². The summed E-state index contributed by atoms with van der Waals surface area (Å²) in [4.78, 5) is 0. The molecule has 0 radical (unpaired) electrons. The predicted molar refractivity (Wildman–Crippen MR) is 43.5 cm³/mol. The van der Waals surface area contributed by atoms with E-state index in [-0.39, 0.29) is 0 Å². The van der Waals surface area contributed by atoms with Crippen LogP contribution in [0.15, 0.2) is 12.7 Å². The number of unbranched alkanes of at least 4 members (excludes halogenated alkanes) is 2. The smallest absolute Gasteiger partial charge is 0.114 e. The Balaban J connectivity index is 3.05. The van der Waals surface area contributed by atoms with E-state index < -0.39 is 6.10 Å². The van der Waals surface area contributed by atoms with Crippen LogP contribution in [0.5, 0.6) is 0 Å². The average Bonchev–Trinajstić information content (AvgIpc) is 1.98. The summed E-state index contributed by atoms with van der Waals surface area (Å²) in [6.07, 6.45) is 10.1. The van der Waals surface area contributed by atoms with Gasteiger partial charge in [0.1, 0.15) is 6.10 Å². The van der Waals surface area contributed by atoms with Crippen LogP contribution in [0.1, 0.15) is 25.7 Å². The molecule has 0 saturated heterocycles. The van der Waals surface area contributed by atoms with E-state index in [0.717, 1.165) is 19.3 Å². The first-order chi connectivity index (χ1) is 4.81. The van der Waals surface area contributed by atoms with Gasteiger partial charge in [-0.1, -0.05) is 12.0 Å². The number of hydrogen-bond donors (Lipinski definition) is 1. The first-order valence-electron chi connectivity index (χ1n) is 3.56. The summed E-state index contributed by atoms with van der Waals surface area (Å²) < 4.78 is 0. The molecule has 1 unspecified atom stereocenters. The quantitative estimate of drug-likeness (QED) is 0.348. The summed E-state index contributed by atoms with van der Waals surface area (Å²) in [6, 6.07) is 0. The van der Waals surface area contributed by atoms with Crippen LogP contribution in [-0.4, -0.2) is 11.2 Å². The summed E-state index contributed by atoms with van der Waals surface area (Å²) in [5.41, 5.74) is 0. The first-order valence-corrected chi connectivity index (χ1v) is 3.56. The first kappa shape index (κ1) is 9.26. The molecule has 10 heavy (non-hydrogen) atoms. The van der Waals surface area contributed by atoms with Gasteiger partial charge < -0.3 is 5.11 Å². The van der Waals surface area contributed by atoms with Crippen LogP contribution in [0.3, 0.4) is 0 Å². The molecule has 0 aromatic rings. The highest BCUT2D eigenvalue weighted by molar-refractivity contribution is 4.92. The molecular weight excluding hydrogens is 124 g/mol. The maximum absolute atomic E-state index is 8.90. The highest BCUT2D eigenvalue weighted by Crippen LogP contribution is 2.02. The Kier molecular flexibility index (Phi) is 5.91.